The highest BCUT2D eigenvalue weighted by atomic mass is 16.5. The Morgan fingerprint density at radius 2 is 1.89 bits per heavy atom. The Kier molecular flexibility index (Phi) is 3.23. The number of Topliss-reactive ketones (excluding diaryl/α,β-unsaturated/α-hetero) is 1. The van der Waals surface area contributed by atoms with Crippen LogP contribution in [0.25, 0.3) is 0 Å². The third-order valence-corrected chi connectivity index (χ3v) is 2.60. The van der Waals surface area contributed by atoms with Crippen molar-refractivity contribution in [2.45, 2.75) is 0 Å². The SMILES string of the molecule is CNC(=O)OCC1=CC(=O)c2ccccc2C1=O. The summed E-state index contributed by atoms with van der Waals surface area (Å²) in [6.07, 6.45) is 0.572. The van der Waals surface area contributed by atoms with E-state index in [9.17, 15) is 14.4 Å². The molecule has 1 aromatic carbocycles. The van der Waals surface area contributed by atoms with Crippen LogP contribution in [0.4, 0.5) is 4.79 Å². The summed E-state index contributed by atoms with van der Waals surface area (Å²) in [6, 6.07) is 6.57. The van der Waals surface area contributed by atoms with E-state index in [-0.39, 0.29) is 23.7 Å². The Morgan fingerprint density at radius 1 is 1.22 bits per heavy atom. The highest BCUT2D eigenvalue weighted by Crippen LogP contribution is 2.21. The van der Waals surface area contributed by atoms with Crippen LogP contribution in [0.2, 0.25) is 0 Å². The molecule has 0 saturated carbocycles. The molecule has 18 heavy (non-hydrogen) atoms. The smallest absolute Gasteiger partial charge is 0.407 e. The number of nitrogens with one attached hydrogen (secondary N) is 1. The molecule has 0 spiro atoms. The van der Waals surface area contributed by atoms with Crippen molar-refractivity contribution in [3.8, 4) is 0 Å². The van der Waals surface area contributed by atoms with Crippen molar-refractivity contribution in [3.05, 3.63) is 47.0 Å². The number of fused-ring (bicyclic) bond motifs is 1. The normalized spacial score (nSPS) is 13.7. The number of carbonyl (C=O) groups is 3. The summed E-state index contributed by atoms with van der Waals surface area (Å²) in [5, 5.41) is 2.27. The monoisotopic (exact) mass is 245 g/mol. The van der Waals surface area contributed by atoms with Gasteiger partial charge in [0.1, 0.15) is 6.61 Å². The molecule has 5 nitrogen and oxygen atoms in total. The van der Waals surface area contributed by atoms with Gasteiger partial charge in [-0.25, -0.2) is 4.79 Å². The number of amides is 1. The summed E-state index contributed by atoms with van der Waals surface area (Å²) >= 11 is 0. The zero-order valence-electron chi connectivity index (χ0n) is 9.73. The van der Waals surface area contributed by atoms with Crippen LogP contribution < -0.4 is 5.32 Å². The third-order valence-electron chi connectivity index (χ3n) is 2.60. The first-order valence-corrected chi connectivity index (χ1v) is 5.36. The second kappa shape index (κ2) is 4.83. The maximum Gasteiger partial charge on any atom is 0.407 e. The van der Waals surface area contributed by atoms with Gasteiger partial charge in [0.25, 0.3) is 0 Å². The molecule has 0 heterocycles. The van der Waals surface area contributed by atoms with Gasteiger partial charge in [-0.1, -0.05) is 24.3 Å². The molecule has 1 aliphatic rings. The molecule has 0 aliphatic heterocycles. The zero-order valence-corrected chi connectivity index (χ0v) is 9.73. The van der Waals surface area contributed by atoms with Crippen LogP contribution in [0.5, 0.6) is 0 Å². The highest BCUT2D eigenvalue weighted by molar-refractivity contribution is 6.24. The molecule has 0 atom stereocenters. The molecule has 0 radical (unpaired) electrons. The molecule has 0 aromatic heterocycles. The first-order chi connectivity index (χ1) is 8.63. The van der Waals surface area contributed by atoms with Crippen LogP contribution in [-0.2, 0) is 4.74 Å². The quantitative estimate of drug-likeness (QED) is 0.853. The van der Waals surface area contributed by atoms with Gasteiger partial charge in [0, 0.05) is 23.7 Å². The molecule has 1 amide bonds. The first-order valence-electron chi connectivity index (χ1n) is 5.36. The second-order valence-corrected chi connectivity index (χ2v) is 3.73. The molecule has 0 unspecified atom stereocenters. The molecule has 1 aliphatic carbocycles. The summed E-state index contributed by atoms with van der Waals surface area (Å²) < 4.78 is 4.77. The fraction of sp³-hybridized carbons (Fsp3) is 0.154. The Morgan fingerprint density at radius 3 is 2.56 bits per heavy atom. The number of ketones is 2. The van der Waals surface area contributed by atoms with Crippen molar-refractivity contribution in [1.29, 1.82) is 0 Å². The third kappa shape index (κ3) is 2.15. The van der Waals surface area contributed by atoms with Crippen molar-refractivity contribution in [2.24, 2.45) is 0 Å². The van der Waals surface area contributed by atoms with Crippen LogP contribution in [-0.4, -0.2) is 31.3 Å². The van der Waals surface area contributed by atoms with Gasteiger partial charge in [-0.3, -0.25) is 9.59 Å². The van der Waals surface area contributed by atoms with E-state index in [1.54, 1.807) is 24.3 Å². The van der Waals surface area contributed by atoms with Gasteiger partial charge in [-0.05, 0) is 6.08 Å². The minimum absolute atomic E-state index is 0.183. The summed E-state index contributed by atoms with van der Waals surface area (Å²) in [7, 11) is 1.42. The molecule has 1 N–H and O–H groups in total. The average Bonchev–Trinajstić information content (AvgIpc) is 2.41. The number of ether oxygens (including phenoxy) is 1. The largest absolute Gasteiger partial charge is 0.445 e. The van der Waals surface area contributed by atoms with E-state index in [2.05, 4.69) is 5.32 Å². The summed E-state index contributed by atoms with van der Waals surface area (Å²) in [6.45, 7) is -0.210. The standard InChI is InChI=1S/C13H11NO4/c1-14-13(17)18-7-8-6-11(15)9-4-2-3-5-10(9)12(8)16/h2-6H,7H2,1H3,(H,14,17). The van der Waals surface area contributed by atoms with Gasteiger partial charge in [-0.15, -0.1) is 0 Å². The van der Waals surface area contributed by atoms with Crippen molar-refractivity contribution < 1.29 is 19.1 Å². The van der Waals surface area contributed by atoms with E-state index in [0.717, 1.165) is 0 Å². The lowest BCUT2D eigenvalue weighted by Gasteiger charge is -2.14. The summed E-state index contributed by atoms with van der Waals surface area (Å²) in [5.41, 5.74) is 0.911. The number of alkyl carbamates (subject to hydrolysis) is 1. The minimum atomic E-state index is -0.644. The maximum absolute atomic E-state index is 12.0. The van der Waals surface area contributed by atoms with Crippen molar-refractivity contribution >= 4 is 17.7 Å². The minimum Gasteiger partial charge on any atom is -0.445 e. The zero-order chi connectivity index (χ0) is 13.1. The van der Waals surface area contributed by atoms with Crippen LogP contribution >= 0.6 is 0 Å². The predicted octanol–water partition coefficient (Wildman–Crippen LogP) is 1.35. The molecule has 92 valence electrons. The number of hydrogen-bond donors (Lipinski definition) is 1. The van der Waals surface area contributed by atoms with E-state index in [1.165, 1.54) is 13.1 Å². The van der Waals surface area contributed by atoms with Gasteiger partial charge < -0.3 is 10.1 Å². The fourth-order valence-electron chi connectivity index (χ4n) is 1.69. The van der Waals surface area contributed by atoms with Gasteiger partial charge in [-0.2, -0.15) is 0 Å². The van der Waals surface area contributed by atoms with Crippen molar-refractivity contribution in [2.75, 3.05) is 13.7 Å². The lowest BCUT2D eigenvalue weighted by atomic mass is 9.90. The lowest BCUT2D eigenvalue weighted by Crippen LogP contribution is -2.24. The molecular formula is C13H11NO4. The Bertz CT molecular complexity index is 560. The van der Waals surface area contributed by atoms with E-state index < -0.39 is 6.09 Å². The Balaban J connectivity index is 2.23. The Labute approximate surface area is 103 Å². The van der Waals surface area contributed by atoms with E-state index >= 15 is 0 Å². The topological polar surface area (TPSA) is 72.5 Å². The number of benzene rings is 1. The highest BCUT2D eigenvalue weighted by Gasteiger charge is 2.25. The van der Waals surface area contributed by atoms with Gasteiger partial charge in [0.05, 0.1) is 0 Å². The van der Waals surface area contributed by atoms with Crippen LogP contribution in [0.15, 0.2) is 35.9 Å². The fourth-order valence-corrected chi connectivity index (χ4v) is 1.69. The van der Waals surface area contributed by atoms with Crippen LogP contribution in [0.1, 0.15) is 20.7 Å². The lowest BCUT2D eigenvalue weighted by molar-refractivity contribution is 0.0964. The van der Waals surface area contributed by atoms with Crippen LogP contribution in [0.3, 0.4) is 0 Å². The summed E-state index contributed by atoms with van der Waals surface area (Å²) in [5.74, 6) is -0.533. The average molecular weight is 245 g/mol. The van der Waals surface area contributed by atoms with Crippen molar-refractivity contribution in [1.82, 2.24) is 5.32 Å². The van der Waals surface area contributed by atoms with Crippen LogP contribution in [0, 0.1) is 0 Å². The van der Waals surface area contributed by atoms with Gasteiger partial charge in [0.15, 0.2) is 11.6 Å². The van der Waals surface area contributed by atoms with Crippen molar-refractivity contribution in [3.63, 3.8) is 0 Å². The maximum atomic E-state index is 12.0. The number of hydrogen-bond acceptors (Lipinski definition) is 4. The van der Waals surface area contributed by atoms with E-state index in [4.69, 9.17) is 4.74 Å². The molecule has 1 aromatic rings. The molecule has 0 bridgehead atoms. The number of carbonyl (C=O) groups excluding carboxylic acids is 3. The van der Waals surface area contributed by atoms with E-state index in [1.807, 2.05) is 0 Å². The number of allylic oxidation sites excluding steroid dienone is 1. The van der Waals surface area contributed by atoms with Gasteiger partial charge >= 0.3 is 6.09 Å². The summed E-state index contributed by atoms with van der Waals surface area (Å²) in [4.78, 5) is 34.7. The second-order valence-electron chi connectivity index (χ2n) is 3.73. The Hall–Kier alpha value is -2.43. The van der Waals surface area contributed by atoms with Gasteiger partial charge in [0.2, 0.25) is 0 Å². The molecule has 2 rings (SSSR count). The molecule has 0 fully saturated rings. The molecule has 5 heteroatoms. The first kappa shape index (κ1) is 12.0. The molecular weight excluding hydrogens is 234 g/mol. The predicted molar refractivity (Wildman–Crippen MR) is 63.6 cm³/mol. The number of rotatable bonds is 2. The van der Waals surface area contributed by atoms with E-state index in [0.29, 0.717) is 11.1 Å². The molecule has 0 saturated heterocycles.